The fourth-order valence-electron chi connectivity index (χ4n) is 1.78. The number of nitrogens with one attached hydrogen (secondary N) is 1. The van der Waals surface area contributed by atoms with Crippen molar-refractivity contribution in [2.45, 2.75) is 0 Å². The van der Waals surface area contributed by atoms with Gasteiger partial charge in [0.2, 0.25) is 0 Å². The van der Waals surface area contributed by atoms with Crippen LogP contribution in [0.2, 0.25) is 5.02 Å². The van der Waals surface area contributed by atoms with Crippen LogP contribution in [0, 0.1) is 5.82 Å². The molecule has 0 saturated carbocycles. The van der Waals surface area contributed by atoms with Crippen molar-refractivity contribution in [3.63, 3.8) is 0 Å². The van der Waals surface area contributed by atoms with Crippen molar-refractivity contribution in [3.05, 3.63) is 47.2 Å². The van der Waals surface area contributed by atoms with Crippen molar-refractivity contribution in [3.8, 4) is 5.75 Å². The molecule has 0 saturated heterocycles. The van der Waals surface area contributed by atoms with Crippen molar-refractivity contribution in [2.75, 3.05) is 12.4 Å². The van der Waals surface area contributed by atoms with Gasteiger partial charge >= 0.3 is 0 Å². The molecular formula is C14H10ClFN2OS. The standard InChI is InChI=1S/C14H10ClFN2OS/c1-19-9-3-5-12-13(7-9)20-14(18-12)17-8-2-4-11(16)10(15)6-8/h2-7H,1H3,(H,17,18). The van der Waals surface area contributed by atoms with Crippen LogP contribution in [0.3, 0.4) is 0 Å². The first-order chi connectivity index (χ1) is 9.65. The van der Waals surface area contributed by atoms with Gasteiger partial charge in [-0.05, 0) is 36.4 Å². The Labute approximate surface area is 124 Å². The summed E-state index contributed by atoms with van der Waals surface area (Å²) in [5.74, 6) is 0.351. The molecule has 20 heavy (non-hydrogen) atoms. The molecule has 3 nitrogen and oxygen atoms in total. The van der Waals surface area contributed by atoms with Gasteiger partial charge in [0.25, 0.3) is 0 Å². The van der Waals surface area contributed by atoms with Crippen molar-refractivity contribution < 1.29 is 9.13 Å². The van der Waals surface area contributed by atoms with E-state index in [1.165, 1.54) is 23.5 Å². The van der Waals surface area contributed by atoms with Gasteiger partial charge in [-0.2, -0.15) is 0 Å². The van der Waals surface area contributed by atoms with E-state index in [2.05, 4.69) is 10.3 Å². The maximum absolute atomic E-state index is 13.1. The van der Waals surface area contributed by atoms with Gasteiger partial charge in [0.1, 0.15) is 11.6 Å². The highest BCUT2D eigenvalue weighted by molar-refractivity contribution is 7.22. The molecule has 0 bridgehead atoms. The fraction of sp³-hybridized carbons (Fsp3) is 0.0714. The van der Waals surface area contributed by atoms with Crippen LogP contribution in [0.1, 0.15) is 0 Å². The molecule has 0 aliphatic rings. The second-order valence-corrected chi connectivity index (χ2v) is 5.54. The predicted molar refractivity (Wildman–Crippen MR) is 80.9 cm³/mol. The Morgan fingerprint density at radius 2 is 2.10 bits per heavy atom. The molecule has 0 aliphatic heterocycles. The molecule has 102 valence electrons. The molecule has 1 aromatic heterocycles. The second-order valence-electron chi connectivity index (χ2n) is 4.11. The van der Waals surface area contributed by atoms with E-state index in [0.29, 0.717) is 5.69 Å². The zero-order valence-corrected chi connectivity index (χ0v) is 12.1. The smallest absolute Gasteiger partial charge is 0.188 e. The maximum Gasteiger partial charge on any atom is 0.188 e. The van der Waals surface area contributed by atoms with Gasteiger partial charge in [-0.1, -0.05) is 22.9 Å². The summed E-state index contributed by atoms with van der Waals surface area (Å²) in [7, 11) is 1.63. The largest absolute Gasteiger partial charge is 0.497 e. The molecule has 1 N–H and O–H groups in total. The van der Waals surface area contributed by atoms with E-state index in [1.54, 1.807) is 13.2 Å². The number of halogens is 2. The van der Waals surface area contributed by atoms with Crippen LogP contribution in [-0.4, -0.2) is 12.1 Å². The van der Waals surface area contributed by atoms with E-state index in [1.807, 2.05) is 18.2 Å². The summed E-state index contributed by atoms with van der Waals surface area (Å²) in [4.78, 5) is 4.45. The van der Waals surface area contributed by atoms with Crippen LogP contribution in [0.4, 0.5) is 15.2 Å². The average molecular weight is 309 g/mol. The van der Waals surface area contributed by atoms with Crippen molar-refractivity contribution in [2.24, 2.45) is 0 Å². The zero-order valence-electron chi connectivity index (χ0n) is 10.5. The van der Waals surface area contributed by atoms with Gasteiger partial charge in [0.05, 0.1) is 22.3 Å². The maximum atomic E-state index is 13.1. The van der Waals surface area contributed by atoms with Crippen LogP contribution in [0.15, 0.2) is 36.4 Å². The van der Waals surface area contributed by atoms with Crippen LogP contribution < -0.4 is 10.1 Å². The molecule has 0 radical (unpaired) electrons. The zero-order chi connectivity index (χ0) is 14.1. The number of nitrogens with zero attached hydrogens (tertiary/aromatic N) is 1. The summed E-state index contributed by atoms with van der Waals surface area (Å²) in [6.45, 7) is 0. The van der Waals surface area contributed by atoms with Crippen LogP contribution in [0.5, 0.6) is 5.75 Å². The van der Waals surface area contributed by atoms with E-state index in [9.17, 15) is 4.39 Å². The monoisotopic (exact) mass is 308 g/mol. The van der Waals surface area contributed by atoms with E-state index in [0.717, 1.165) is 21.1 Å². The van der Waals surface area contributed by atoms with E-state index in [-0.39, 0.29) is 5.02 Å². The van der Waals surface area contributed by atoms with Gasteiger partial charge in [-0.15, -0.1) is 0 Å². The van der Waals surface area contributed by atoms with E-state index >= 15 is 0 Å². The minimum absolute atomic E-state index is 0.0813. The lowest BCUT2D eigenvalue weighted by Crippen LogP contribution is -1.89. The number of rotatable bonds is 3. The minimum Gasteiger partial charge on any atom is -0.497 e. The van der Waals surface area contributed by atoms with Crippen molar-refractivity contribution in [1.82, 2.24) is 4.98 Å². The second kappa shape index (κ2) is 5.26. The highest BCUT2D eigenvalue weighted by Crippen LogP contribution is 2.31. The Bertz CT molecular complexity index is 775. The third kappa shape index (κ3) is 2.55. The summed E-state index contributed by atoms with van der Waals surface area (Å²) in [6.07, 6.45) is 0. The van der Waals surface area contributed by atoms with Gasteiger partial charge in [0, 0.05) is 5.69 Å². The highest BCUT2D eigenvalue weighted by atomic mass is 35.5. The molecule has 0 fully saturated rings. The lowest BCUT2D eigenvalue weighted by molar-refractivity contribution is 0.415. The third-order valence-electron chi connectivity index (χ3n) is 2.77. The van der Waals surface area contributed by atoms with E-state index < -0.39 is 5.82 Å². The number of benzene rings is 2. The molecule has 1 heterocycles. The van der Waals surface area contributed by atoms with Crippen molar-refractivity contribution >= 4 is 44.0 Å². The summed E-state index contributed by atoms with van der Waals surface area (Å²) in [5, 5.41) is 3.91. The summed E-state index contributed by atoms with van der Waals surface area (Å²) in [6, 6.07) is 10.2. The number of ether oxygens (including phenoxy) is 1. The minimum atomic E-state index is -0.439. The summed E-state index contributed by atoms with van der Waals surface area (Å²) in [5.41, 5.74) is 1.58. The Morgan fingerprint density at radius 1 is 1.25 bits per heavy atom. The predicted octanol–water partition coefficient (Wildman–Crippen LogP) is 4.84. The van der Waals surface area contributed by atoms with Gasteiger partial charge in [-0.3, -0.25) is 0 Å². The normalized spacial score (nSPS) is 10.8. The number of methoxy groups -OCH3 is 1. The number of hydrogen-bond acceptors (Lipinski definition) is 4. The Balaban J connectivity index is 1.92. The topological polar surface area (TPSA) is 34.1 Å². The molecular weight excluding hydrogens is 299 g/mol. The molecule has 6 heteroatoms. The number of hydrogen-bond donors (Lipinski definition) is 1. The summed E-state index contributed by atoms with van der Waals surface area (Å²) < 4.78 is 19.3. The van der Waals surface area contributed by atoms with Crippen LogP contribution in [0.25, 0.3) is 10.2 Å². The molecule has 0 spiro atoms. The number of fused-ring (bicyclic) bond motifs is 1. The molecule has 2 aromatic carbocycles. The fourth-order valence-corrected chi connectivity index (χ4v) is 2.88. The first kappa shape index (κ1) is 13.1. The molecule has 3 aromatic rings. The quantitative estimate of drug-likeness (QED) is 0.751. The summed E-state index contributed by atoms with van der Waals surface area (Å²) >= 11 is 7.24. The lowest BCUT2D eigenvalue weighted by atomic mass is 10.3. The molecule has 0 atom stereocenters. The van der Waals surface area contributed by atoms with E-state index in [4.69, 9.17) is 16.3 Å². The van der Waals surface area contributed by atoms with Crippen molar-refractivity contribution in [1.29, 1.82) is 0 Å². The molecule has 3 rings (SSSR count). The Hall–Kier alpha value is -1.85. The van der Waals surface area contributed by atoms with Crippen LogP contribution in [-0.2, 0) is 0 Å². The lowest BCUT2D eigenvalue weighted by Gasteiger charge is -2.02. The van der Waals surface area contributed by atoms with Gasteiger partial charge in [-0.25, -0.2) is 9.37 Å². The number of aromatic nitrogens is 1. The number of thiazole rings is 1. The SMILES string of the molecule is COc1ccc2nc(Nc3ccc(F)c(Cl)c3)sc2c1. The Morgan fingerprint density at radius 3 is 2.85 bits per heavy atom. The first-order valence-corrected chi connectivity index (χ1v) is 7.02. The van der Waals surface area contributed by atoms with Gasteiger partial charge < -0.3 is 10.1 Å². The third-order valence-corrected chi connectivity index (χ3v) is 3.99. The molecule has 0 unspecified atom stereocenters. The Kier molecular flexibility index (Phi) is 3.46. The number of anilines is 2. The highest BCUT2D eigenvalue weighted by Gasteiger charge is 2.07. The van der Waals surface area contributed by atoms with Crippen LogP contribution >= 0.6 is 22.9 Å². The first-order valence-electron chi connectivity index (χ1n) is 5.82. The van der Waals surface area contributed by atoms with Gasteiger partial charge in [0.15, 0.2) is 5.13 Å². The molecule has 0 aliphatic carbocycles. The molecule has 0 amide bonds. The average Bonchev–Trinajstić information content (AvgIpc) is 2.84.